The van der Waals surface area contributed by atoms with Crippen molar-refractivity contribution in [2.24, 2.45) is 0 Å². The summed E-state index contributed by atoms with van der Waals surface area (Å²) in [6.45, 7) is 5.44. The number of aromatic nitrogens is 2. The Morgan fingerprint density at radius 1 is 1.19 bits per heavy atom. The van der Waals surface area contributed by atoms with Crippen molar-refractivity contribution in [3.05, 3.63) is 70.1 Å². The van der Waals surface area contributed by atoms with E-state index in [1.807, 2.05) is 26.0 Å². The molecule has 0 amide bonds. The summed E-state index contributed by atoms with van der Waals surface area (Å²) >= 11 is 6.10. The number of hydrogen-bond donors (Lipinski definition) is 2. The lowest BCUT2D eigenvalue weighted by Gasteiger charge is -2.32. The number of fused-ring (bicyclic) bond motifs is 1. The predicted octanol–water partition coefficient (Wildman–Crippen LogP) is 4.16. The van der Waals surface area contributed by atoms with E-state index in [1.165, 1.54) is 0 Å². The first-order chi connectivity index (χ1) is 15.1. The van der Waals surface area contributed by atoms with Crippen LogP contribution in [-0.2, 0) is 22.8 Å². The van der Waals surface area contributed by atoms with Crippen LogP contribution in [0.25, 0.3) is 0 Å². The van der Waals surface area contributed by atoms with E-state index in [4.69, 9.17) is 17.3 Å². The Balaban J connectivity index is 1.62. The molecular weight excluding hydrogens is 446 g/mol. The van der Waals surface area contributed by atoms with Crippen LogP contribution < -0.4 is 16.0 Å². The Morgan fingerprint density at radius 3 is 2.69 bits per heavy atom. The van der Waals surface area contributed by atoms with Gasteiger partial charge in [0.05, 0.1) is 27.0 Å². The maximum Gasteiger partial charge on any atom is 0.177 e. The molecule has 9 heteroatoms. The molecule has 0 bridgehead atoms. The summed E-state index contributed by atoms with van der Waals surface area (Å²) in [4.78, 5) is 11.3. The number of halogens is 1. The third-order valence-corrected chi connectivity index (χ3v) is 7.31. The third kappa shape index (κ3) is 4.52. The molecule has 3 aromatic rings. The molecule has 1 aliphatic heterocycles. The summed E-state index contributed by atoms with van der Waals surface area (Å²) in [5.74, 6) is 0.730. The lowest BCUT2D eigenvalue weighted by molar-refractivity contribution is 0.601. The molecule has 7 nitrogen and oxygen atoms in total. The normalized spacial score (nSPS) is 14.7. The van der Waals surface area contributed by atoms with Crippen molar-refractivity contribution in [2.45, 2.75) is 37.8 Å². The van der Waals surface area contributed by atoms with Crippen LogP contribution in [0.3, 0.4) is 0 Å². The molecule has 4 rings (SSSR count). The molecular formula is C23H26ClN5O2S. The summed E-state index contributed by atoms with van der Waals surface area (Å²) in [5.41, 5.74) is 12.0. The molecule has 0 fully saturated rings. The molecule has 0 saturated carbocycles. The number of anilines is 3. The van der Waals surface area contributed by atoms with Gasteiger partial charge >= 0.3 is 0 Å². The second-order valence-electron chi connectivity index (χ2n) is 8.21. The van der Waals surface area contributed by atoms with Gasteiger partial charge in [0.2, 0.25) is 0 Å². The van der Waals surface area contributed by atoms with Crippen molar-refractivity contribution >= 4 is 38.6 Å². The predicted molar refractivity (Wildman–Crippen MR) is 129 cm³/mol. The lowest BCUT2D eigenvalue weighted by atomic mass is 10.0. The second-order valence-corrected chi connectivity index (χ2v) is 10.6. The minimum atomic E-state index is -3.43. The summed E-state index contributed by atoms with van der Waals surface area (Å²) in [6.07, 6.45) is 3.50. The van der Waals surface area contributed by atoms with Gasteiger partial charge in [-0.05, 0) is 49.2 Å². The Bertz CT molecular complexity index is 1280. The van der Waals surface area contributed by atoms with E-state index in [-0.39, 0.29) is 16.0 Å². The van der Waals surface area contributed by atoms with Gasteiger partial charge in [-0.3, -0.25) is 0 Å². The smallest absolute Gasteiger partial charge is 0.177 e. The van der Waals surface area contributed by atoms with Crippen molar-refractivity contribution in [3.63, 3.8) is 0 Å². The fraction of sp³-hybridized carbons (Fsp3) is 0.304. The summed E-state index contributed by atoms with van der Waals surface area (Å²) in [5, 5.41) is 3.65. The van der Waals surface area contributed by atoms with Crippen molar-refractivity contribution in [2.75, 3.05) is 28.8 Å². The first-order valence-corrected chi connectivity index (χ1v) is 12.6. The molecule has 1 atom stereocenters. The molecule has 32 heavy (non-hydrogen) atoms. The monoisotopic (exact) mass is 471 g/mol. The molecule has 2 aromatic carbocycles. The quantitative estimate of drug-likeness (QED) is 0.538. The standard InChI is InChI=1S/C23H26ClN5O2S/c1-14-4-7-21(19(25)10-14)29-9-8-20-17(12-29)23(27-13-26-20)28-15(2)16-5-6-18(24)22(11-16)32(3,30)31/h4-7,10-11,13,15H,8-9,12,25H2,1-3H3,(H,26,27,28)/t15-/m0/s1. The SMILES string of the molecule is Cc1ccc(N2CCc3ncnc(N[C@@H](C)c4ccc(Cl)c(S(C)(=O)=O)c4)c3C2)c(N)c1. The van der Waals surface area contributed by atoms with E-state index >= 15 is 0 Å². The molecule has 1 aromatic heterocycles. The van der Waals surface area contributed by atoms with E-state index in [0.717, 1.165) is 58.8 Å². The molecule has 3 N–H and O–H groups in total. The van der Waals surface area contributed by atoms with Crippen molar-refractivity contribution in [1.29, 1.82) is 0 Å². The van der Waals surface area contributed by atoms with Crippen molar-refractivity contribution in [3.8, 4) is 0 Å². The minimum Gasteiger partial charge on any atom is -0.397 e. The Morgan fingerprint density at radius 2 is 1.97 bits per heavy atom. The summed E-state index contributed by atoms with van der Waals surface area (Å²) in [7, 11) is -3.43. The van der Waals surface area contributed by atoms with Gasteiger partial charge in [-0.25, -0.2) is 18.4 Å². The van der Waals surface area contributed by atoms with Crippen LogP contribution in [0.15, 0.2) is 47.6 Å². The molecule has 0 aliphatic carbocycles. The zero-order chi connectivity index (χ0) is 23.0. The van der Waals surface area contributed by atoms with E-state index in [1.54, 1.807) is 18.5 Å². The van der Waals surface area contributed by atoms with E-state index in [0.29, 0.717) is 6.54 Å². The van der Waals surface area contributed by atoms with Crippen LogP contribution in [0.2, 0.25) is 5.02 Å². The number of sulfone groups is 1. The maximum atomic E-state index is 12.1. The largest absolute Gasteiger partial charge is 0.397 e. The van der Waals surface area contributed by atoms with Gasteiger partial charge in [0.15, 0.2) is 9.84 Å². The Kier molecular flexibility index (Phi) is 6.01. The van der Waals surface area contributed by atoms with Crippen LogP contribution in [0.4, 0.5) is 17.2 Å². The maximum absolute atomic E-state index is 12.1. The van der Waals surface area contributed by atoms with E-state index in [2.05, 4.69) is 32.3 Å². The van der Waals surface area contributed by atoms with Crippen molar-refractivity contribution < 1.29 is 8.42 Å². The highest BCUT2D eigenvalue weighted by atomic mass is 35.5. The number of nitrogen functional groups attached to an aromatic ring is 1. The molecule has 168 valence electrons. The molecule has 0 radical (unpaired) electrons. The molecule has 0 spiro atoms. The number of aryl methyl sites for hydroxylation is 1. The first kappa shape index (κ1) is 22.4. The van der Waals surface area contributed by atoms with Crippen LogP contribution >= 0.6 is 11.6 Å². The number of nitrogens with one attached hydrogen (secondary N) is 1. The average molecular weight is 472 g/mol. The fourth-order valence-electron chi connectivity index (χ4n) is 3.99. The summed E-state index contributed by atoms with van der Waals surface area (Å²) in [6, 6.07) is 11.0. The number of rotatable bonds is 5. The van der Waals surface area contributed by atoms with Crippen molar-refractivity contribution in [1.82, 2.24) is 9.97 Å². The number of nitrogens with zero attached hydrogens (tertiary/aromatic N) is 3. The molecule has 0 saturated heterocycles. The highest BCUT2D eigenvalue weighted by Crippen LogP contribution is 2.33. The fourth-order valence-corrected chi connectivity index (χ4v) is 5.31. The lowest BCUT2D eigenvalue weighted by Crippen LogP contribution is -2.32. The van der Waals surface area contributed by atoms with Gasteiger partial charge in [0.1, 0.15) is 12.1 Å². The van der Waals surface area contributed by atoms with Gasteiger partial charge in [0, 0.05) is 37.4 Å². The minimum absolute atomic E-state index is 0.121. The molecule has 2 heterocycles. The highest BCUT2D eigenvalue weighted by Gasteiger charge is 2.24. The van der Waals surface area contributed by atoms with Crippen LogP contribution in [-0.4, -0.2) is 31.2 Å². The first-order valence-electron chi connectivity index (χ1n) is 10.3. The van der Waals surface area contributed by atoms with E-state index < -0.39 is 9.84 Å². The van der Waals surface area contributed by atoms with Gasteiger partial charge in [-0.15, -0.1) is 0 Å². The summed E-state index contributed by atoms with van der Waals surface area (Å²) < 4.78 is 24.1. The van der Waals surface area contributed by atoms with Gasteiger partial charge in [-0.2, -0.15) is 0 Å². The topological polar surface area (TPSA) is 101 Å². The highest BCUT2D eigenvalue weighted by molar-refractivity contribution is 7.90. The second kappa shape index (κ2) is 8.60. The van der Waals surface area contributed by atoms with Crippen LogP contribution in [0, 0.1) is 6.92 Å². The number of benzene rings is 2. The van der Waals surface area contributed by atoms with Crippen LogP contribution in [0.1, 0.15) is 35.3 Å². The average Bonchev–Trinajstić information content (AvgIpc) is 2.73. The zero-order valence-electron chi connectivity index (χ0n) is 18.3. The molecule has 0 unspecified atom stereocenters. The van der Waals surface area contributed by atoms with Crippen LogP contribution in [0.5, 0.6) is 0 Å². The number of hydrogen-bond acceptors (Lipinski definition) is 7. The third-order valence-electron chi connectivity index (χ3n) is 5.73. The number of nitrogens with two attached hydrogens (primary N) is 1. The van der Waals surface area contributed by atoms with Gasteiger partial charge in [-0.1, -0.05) is 23.7 Å². The van der Waals surface area contributed by atoms with Gasteiger partial charge in [0.25, 0.3) is 0 Å². The van der Waals surface area contributed by atoms with Gasteiger partial charge < -0.3 is 16.0 Å². The molecule has 1 aliphatic rings. The Hall–Kier alpha value is -2.84. The zero-order valence-corrected chi connectivity index (χ0v) is 19.8. The Labute approximate surface area is 193 Å². The van der Waals surface area contributed by atoms with E-state index in [9.17, 15) is 8.42 Å².